The fourth-order valence-corrected chi connectivity index (χ4v) is 4.20. The van der Waals surface area contributed by atoms with Crippen LogP contribution < -0.4 is 0 Å². The Labute approximate surface area is 163 Å². The first kappa shape index (κ1) is 19.7. The van der Waals surface area contributed by atoms with E-state index in [4.69, 9.17) is 4.42 Å². The molecule has 4 nitrogen and oxygen atoms in total. The summed E-state index contributed by atoms with van der Waals surface area (Å²) in [5.41, 5.74) is 1.37. The number of nitrogens with zero attached hydrogens (tertiary/aromatic N) is 2. The Morgan fingerprint density at radius 3 is 2.52 bits per heavy atom. The van der Waals surface area contributed by atoms with Crippen molar-refractivity contribution in [1.29, 1.82) is 0 Å². The first-order valence-electron chi connectivity index (χ1n) is 10.0. The molecule has 2 atom stereocenters. The fraction of sp³-hybridized carbons (Fsp3) is 0.522. The maximum Gasteiger partial charge on any atom is 0.219 e. The Morgan fingerprint density at radius 2 is 1.93 bits per heavy atom. The number of carbonyl (C=O) groups excluding carboxylic acids is 1. The molecular weight excluding hydrogens is 336 g/mol. The third kappa shape index (κ3) is 5.23. The molecule has 1 saturated heterocycles. The lowest BCUT2D eigenvalue weighted by molar-refractivity contribution is -0.130. The molecule has 0 spiro atoms. The van der Waals surface area contributed by atoms with Crippen LogP contribution in [-0.2, 0) is 11.3 Å². The van der Waals surface area contributed by atoms with Gasteiger partial charge in [0, 0.05) is 39.0 Å². The number of aryl methyl sites for hydroxylation is 1. The van der Waals surface area contributed by atoms with Gasteiger partial charge in [-0.25, -0.2) is 0 Å². The zero-order valence-electron chi connectivity index (χ0n) is 17.0. The van der Waals surface area contributed by atoms with E-state index < -0.39 is 0 Å². The lowest BCUT2D eigenvalue weighted by Gasteiger charge is -2.29. The maximum absolute atomic E-state index is 12.2. The normalized spacial score (nSPS) is 20.3. The highest BCUT2D eigenvalue weighted by Crippen LogP contribution is 2.34. The molecule has 1 fully saturated rings. The molecule has 3 rings (SSSR count). The minimum absolute atomic E-state index is 0.177. The van der Waals surface area contributed by atoms with Crippen LogP contribution in [0.1, 0.15) is 43.8 Å². The number of furan rings is 1. The number of likely N-dealkylation sites (tertiary alicyclic amines) is 1. The molecule has 1 aliphatic heterocycles. The first-order chi connectivity index (χ1) is 12.9. The highest BCUT2D eigenvalue weighted by Gasteiger charge is 2.35. The van der Waals surface area contributed by atoms with Crippen LogP contribution >= 0.6 is 0 Å². The molecule has 0 saturated carbocycles. The van der Waals surface area contributed by atoms with Crippen LogP contribution in [0.15, 0.2) is 46.9 Å². The Morgan fingerprint density at radius 1 is 1.19 bits per heavy atom. The van der Waals surface area contributed by atoms with Crippen LogP contribution in [0.2, 0.25) is 0 Å². The molecular formula is C23H32N2O2. The van der Waals surface area contributed by atoms with Crippen LogP contribution in [0.25, 0.3) is 0 Å². The van der Waals surface area contributed by atoms with Gasteiger partial charge in [0.15, 0.2) is 0 Å². The van der Waals surface area contributed by atoms with E-state index in [1.54, 1.807) is 6.92 Å². The number of benzene rings is 1. The van der Waals surface area contributed by atoms with Crippen molar-refractivity contribution in [3.63, 3.8) is 0 Å². The van der Waals surface area contributed by atoms with Gasteiger partial charge >= 0.3 is 0 Å². The smallest absolute Gasteiger partial charge is 0.219 e. The summed E-state index contributed by atoms with van der Waals surface area (Å²) in [6.45, 7) is 12.5. The van der Waals surface area contributed by atoms with Gasteiger partial charge in [0.25, 0.3) is 0 Å². The molecule has 27 heavy (non-hydrogen) atoms. The van der Waals surface area contributed by atoms with Crippen molar-refractivity contribution in [1.82, 2.24) is 9.80 Å². The summed E-state index contributed by atoms with van der Waals surface area (Å²) < 4.78 is 5.79. The zero-order chi connectivity index (χ0) is 19.4. The predicted molar refractivity (Wildman–Crippen MR) is 108 cm³/mol. The highest BCUT2D eigenvalue weighted by molar-refractivity contribution is 5.73. The van der Waals surface area contributed by atoms with Crippen LogP contribution in [0.4, 0.5) is 0 Å². The molecule has 0 aliphatic carbocycles. The average Bonchev–Trinajstić information content (AvgIpc) is 3.21. The lowest BCUT2D eigenvalue weighted by Crippen LogP contribution is -2.38. The Balaban J connectivity index is 1.76. The second-order valence-electron chi connectivity index (χ2n) is 8.30. The third-order valence-corrected chi connectivity index (χ3v) is 5.41. The minimum Gasteiger partial charge on any atom is -0.465 e. The molecule has 1 aromatic heterocycles. The second kappa shape index (κ2) is 8.75. The van der Waals surface area contributed by atoms with Crippen molar-refractivity contribution < 1.29 is 9.21 Å². The number of amides is 1. The summed E-state index contributed by atoms with van der Waals surface area (Å²) in [6, 6.07) is 14.8. The number of hydrogen-bond acceptors (Lipinski definition) is 3. The van der Waals surface area contributed by atoms with Gasteiger partial charge in [0.1, 0.15) is 11.5 Å². The molecule has 0 radical (unpaired) electrons. The fourth-order valence-electron chi connectivity index (χ4n) is 4.20. The van der Waals surface area contributed by atoms with Crippen molar-refractivity contribution in [3.05, 3.63) is 59.5 Å². The van der Waals surface area contributed by atoms with Gasteiger partial charge in [-0.1, -0.05) is 44.2 Å². The largest absolute Gasteiger partial charge is 0.465 e. The molecule has 2 unspecified atom stereocenters. The Bertz CT molecular complexity index is 738. The lowest BCUT2D eigenvalue weighted by atomic mass is 9.88. The SMILES string of the molecule is CC(=O)N(CC(C)C)CC1CN(Cc2ccc(C)o2)CC1c1ccccc1. The van der Waals surface area contributed by atoms with Crippen LogP contribution in [0, 0.1) is 18.8 Å². The number of carbonyl (C=O) groups is 1. The molecule has 0 N–H and O–H groups in total. The van der Waals surface area contributed by atoms with E-state index in [1.807, 2.05) is 17.9 Å². The van der Waals surface area contributed by atoms with Crippen molar-refractivity contribution in [2.45, 2.75) is 40.2 Å². The minimum atomic E-state index is 0.177. The van der Waals surface area contributed by atoms with Gasteiger partial charge in [0.2, 0.25) is 5.91 Å². The highest BCUT2D eigenvalue weighted by atomic mass is 16.3. The van der Waals surface area contributed by atoms with Gasteiger partial charge < -0.3 is 9.32 Å². The van der Waals surface area contributed by atoms with E-state index in [0.717, 1.165) is 44.2 Å². The molecule has 0 bridgehead atoms. The maximum atomic E-state index is 12.2. The van der Waals surface area contributed by atoms with Gasteiger partial charge in [0.05, 0.1) is 6.54 Å². The van der Waals surface area contributed by atoms with E-state index in [2.05, 4.69) is 55.1 Å². The average molecular weight is 369 g/mol. The van der Waals surface area contributed by atoms with Crippen molar-refractivity contribution in [3.8, 4) is 0 Å². The monoisotopic (exact) mass is 368 g/mol. The van der Waals surface area contributed by atoms with E-state index in [0.29, 0.717) is 17.8 Å². The van der Waals surface area contributed by atoms with Gasteiger partial charge in [-0.3, -0.25) is 9.69 Å². The van der Waals surface area contributed by atoms with Crippen LogP contribution in [0.5, 0.6) is 0 Å². The Hall–Kier alpha value is -2.07. The van der Waals surface area contributed by atoms with Crippen molar-refractivity contribution in [2.24, 2.45) is 11.8 Å². The third-order valence-electron chi connectivity index (χ3n) is 5.41. The van der Waals surface area contributed by atoms with E-state index in [1.165, 1.54) is 5.56 Å². The molecule has 2 heterocycles. The molecule has 146 valence electrons. The summed E-state index contributed by atoms with van der Waals surface area (Å²) in [5, 5.41) is 0. The molecule has 1 aromatic carbocycles. The Kier molecular flexibility index (Phi) is 6.38. The van der Waals surface area contributed by atoms with Crippen LogP contribution in [-0.4, -0.2) is 41.9 Å². The standard InChI is InChI=1S/C23H32N2O2/c1-17(2)12-25(19(4)26)14-21-13-24(15-22-11-10-18(3)27-22)16-23(21)20-8-6-5-7-9-20/h5-11,17,21,23H,12-16H2,1-4H3. The van der Waals surface area contributed by atoms with Crippen LogP contribution in [0.3, 0.4) is 0 Å². The number of hydrogen-bond donors (Lipinski definition) is 0. The topological polar surface area (TPSA) is 36.7 Å². The molecule has 1 amide bonds. The molecule has 2 aromatic rings. The first-order valence-corrected chi connectivity index (χ1v) is 10.0. The van der Waals surface area contributed by atoms with E-state index in [-0.39, 0.29) is 5.91 Å². The number of rotatable bonds is 7. The van der Waals surface area contributed by atoms with Crippen molar-refractivity contribution >= 4 is 5.91 Å². The van der Waals surface area contributed by atoms with Gasteiger partial charge in [-0.2, -0.15) is 0 Å². The summed E-state index contributed by atoms with van der Waals surface area (Å²) in [4.78, 5) is 16.7. The summed E-state index contributed by atoms with van der Waals surface area (Å²) in [6.07, 6.45) is 0. The van der Waals surface area contributed by atoms with Gasteiger partial charge in [-0.15, -0.1) is 0 Å². The van der Waals surface area contributed by atoms with Crippen molar-refractivity contribution in [2.75, 3.05) is 26.2 Å². The second-order valence-corrected chi connectivity index (χ2v) is 8.30. The van der Waals surface area contributed by atoms with E-state index in [9.17, 15) is 4.79 Å². The summed E-state index contributed by atoms with van der Waals surface area (Å²) in [7, 11) is 0. The zero-order valence-corrected chi connectivity index (χ0v) is 17.0. The van der Waals surface area contributed by atoms with E-state index >= 15 is 0 Å². The molecule has 1 aliphatic rings. The predicted octanol–water partition coefficient (Wildman–Crippen LogP) is 4.31. The summed E-state index contributed by atoms with van der Waals surface area (Å²) >= 11 is 0. The summed E-state index contributed by atoms with van der Waals surface area (Å²) in [5.74, 6) is 3.51. The quantitative estimate of drug-likeness (QED) is 0.731. The van der Waals surface area contributed by atoms with Gasteiger partial charge in [-0.05, 0) is 36.5 Å². The molecule has 4 heteroatoms.